The summed E-state index contributed by atoms with van der Waals surface area (Å²) >= 11 is 0. The molecule has 0 bridgehead atoms. The van der Waals surface area contributed by atoms with Crippen molar-refractivity contribution in [2.75, 3.05) is 5.73 Å². The van der Waals surface area contributed by atoms with Crippen molar-refractivity contribution in [2.45, 2.75) is 66.3 Å². The Morgan fingerprint density at radius 3 is 2.35 bits per heavy atom. The Morgan fingerprint density at radius 2 is 1.87 bits per heavy atom. The average Bonchev–Trinajstić information content (AvgIpc) is 2.63. The van der Waals surface area contributed by atoms with Crippen LogP contribution in [0.5, 0.6) is 0 Å². The maximum Gasteiger partial charge on any atom is 0.351 e. The summed E-state index contributed by atoms with van der Waals surface area (Å²) in [6, 6.07) is 1.33. The van der Waals surface area contributed by atoms with Crippen LogP contribution in [0.25, 0.3) is 0 Å². The summed E-state index contributed by atoms with van der Waals surface area (Å²) < 4.78 is 7.71. The third-order valence-electron chi connectivity index (χ3n) is 4.40. The number of nitrogens with two attached hydrogens (primary N) is 2. The summed E-state index contributed by atoms with van der Waals surface area (Å²) in [5, 5.41) is 0. The van der Waals surface area contributed by atoms with E-state index in [1.807, 2.05) is 0 Å². The summed E-state index contributed by atoms with van der Waals surface area (Å²) in [5.74, 6) is 0.354. The van der Waals surface area contributed by atoms with Crippen LogP contribution < -0.4 is 17.2 Å². The van der Waals surface area contributed by atoms with Crippen LogP contribution in [0.2, 0.25) is 0 Å². The summed E-state index contributed by atoms with van der Waals surface area (Å²) in [6.45, 7) is 13.1. The molecular formula is C17H30N4O2. The largest absolute Gasteiger partial charge is 0.383 e. The van der Waals surface area contributed by atoms with E-state index in [1.165, 1.54) is 4.57 Å². The zero-order chi connectivity index (χ0) is 17.6. The second-order valence-corrected chi connectivity index (χ2v) is 8.84. The lowest BCUT2D eigenvalue weighted by Gasteiger charge is -2.35. The normalized spacial score (nSPS) is 29.0. The minimum Gasteiger partial charge on any atom is -0.383 e. The highest BCUT2D eigenvalue weighted by atomic mass is 16.5. The fourth-order valence-corrected chi connectivity index (χ4v) is 3.56. The zero-order valence-electron chi connectivity index (χ0n) is 15.0. The van der Waals surface area contributed by atoms with Crippen LogP contribution in [-0.4, -0.2) is 21.7 Å². The Balaban J connectivity index is 2.38. The van der Waals surface area contributed by atoms with Crippen molar-refractivity contribution < 1.29 is 4.74 Å². The molecule has 0 amide bonds. The van der Waals surface area contributed by atoms with Crippen LogP contribution in [0.3, 0.4) is 0 Å². The van der Waals surface area contributed by atoms with Gasteiger partial charge in [0.25, 0.3) is 0 Å². The molecule has 0 saturated carbocycles. The molecule has 1 aliphatic heterocycles. The number of ether oxygens (including phenoxy) is 1. The molecule has 2 heterocycles. The molecule has 0 aromatic carbocycles. The van der Waals surface area contributed by atoms with Crippen LogP contribution in [0.15, 0.2) is 17.1 Å². The summed E-state index contributed by atoms with van der Waals surface area (Å²) in [7, 11) is 0. The van der Waals surface area contributed by atoms with Gasteiger partial charge in [0.05, 0.1) is 12.1 Å². The molecule has 1 unspecified atom stereocenters. The number of anilines is 1. The maximum absolute atomic E-state index is 12.2. The number of nitrogen functional groups attached to an aromatic ring is 1. The molecule has 2 rings (SSSR count). The monoisotopic (exact) mass is 322 g/mol. The van der Waals surface area contributed by atoms with Crippen LogP contribution in [0.1, 0.15) is 54.2 Å². The smallest absolute Gasteiger partial charge is 0.351 e. The van der Waals surface area contributed by atoms with Gasteiger partial charge in [-0.05, 0) is 23.3 Å². The fraction of sp³-hybridized carbons (Fsp3) is 0.765. The quantitative estimate of drug-likeness (QED) is 0.869. The maximum atomic E-state index is 12.2. The van der Waals surface area contributed by atoms with Crippen molar-refractivity contribution in [1.82, 2.24) is 9.55 Å². The van der Waals surface area contributed by atoms with E-state index >= 15 is 0 Å². The number of aromatic nitrogens is 2. The van der Waals surface area contributed by atoms with Gasteiger partial charge >= 0.3 is 5.69 Å². The molecule has 6 heteroatoms. The first-order chi connectivity index (χ1) is 10.4. The first kappa shape index (κ1) is 17.9. The molecule has 0 radical (unpaired) electrons. The molecule has 1 aliphatic rings. The van der Waals surface area contributed by atoms with Gasteiger partial charge in [-0.25, -0.2) is 4.79 Å². The summed E-state index contributed by atoms with van der Waals surface area (Å²) in [4.78, 5) is 15.9. The van der Waals surface area contributed by atoms with Crippen molar-refractivity contribution in [1.29, 1.82) is 0 Å². The SMILES string of the molecule is CC(C)(C)C[C@H]1O[C@@H](n2ccc(N)nc2=O)C(N)[C@H]1C(C)(C)C. The van der Waals surface area contributed by atoms with E-state index < -0.39 is 11.9 Å². The predicted octanol–water partition coefficient (Wildman–Crippen LogP) is 2.15. The van der Waals surface area contributed by atoms with Crippen molar-refractivity contribution in [3.05, 3.63) is 22.7 Å². The highest BCUT2D eigenvalue weighted by Gasteiger charge is 2.49. The second kappa shape index (κ2) is 5.91. The van der Waals surface area contributed by atoms with Crippen molar-refractivity contribution in [2.24, 2.45) is 22.5 Å². The molecule has 1 aromatic rings. The van der Waals surface area contributed by atoms with Gasteiger partial charge in [0.2, 0.25) is 0 Å². The Morgan fingerprint density at radius 1 is 1.26 bits per heavy atom. The highest BCUT2D eigenvalue weighted by Crippen LogP contribution is 2.45. The van der Waals surface area contributed by atoms with E-state index in [9.17, 15) is 4.79 Å². The highest BCUT2D eigenvalue weighted by molar-refractivity contribution is 5.23. The Labute approximate surface area is 138 Å². The third-order valence-corrected chi connectivity index (χ3v) is 4.40. The molecule has 23 heavy (non-hydrogen) atoms. The molecule has 130 valence electrons. The van der Waals surface area contributed by atoms with Gasteiger partial charge in [-0.3, -0.25) is 4.57 Å². The second-order valence-electron chi connectivity index (χ2n) is 8.84. The predicted molar refractivity (Wildman–Crippen MR) is 91.8 cm³/mol. The molecule has 6 nitrogen and oxygen atoms in total. The van der Waals surface area contributed by atoms with Crippen LogP contribution >= 0.6 is 0 Å². The molecule has 1 fully saturated rings. The zero-order valence-corrected chi connectivity index (χ0v) is 15.0. The minimum atomic E-state index is -0.507. The lowest BCUT2D eigenvalue weighted by molar-refractivity contribution is -0.0352. The molecule has 1 aromatic heterocycles. The minimum absolute atomic E-state index is 0.000506. The van der Waals surface area contributed by atoms with E-state index in [1.54, 1.807) is 12.3 Å². The van der Waals surface area contributed by atoms with Crippen LogP contribution in [-0.2, 0) is 4.74 Å². The summed E-state index contributed by atoms with van der Waals surface area (Å²) in [5.41, 5.74) is 11.8. The van der Waals surface area contributed by atoms with Crippen LogP contribution in [0, 0.1) is 16.7 Å². The van der Waals surface area contributed by atoms with Crippen LogP contribution in [0.4, 0.5) is 5.82 Å². The molecule has 4 N–H and O–H groups in total. The van der Waals surface area contributed by atoms with Gasteiger partial charge in [0, 0.05) is 12.1 Å². The van der Waals surface area contributed by atoms with E-state index in [0.717, 1.165) is 6.42 Å². The first-order valence-corrected chi connectivity index (χ1v) is 8.16. The van der Waals surface area contributed by atoms with Gasteiger partial charge in [0.15, 0.2) is 6.23 Å². The van der Waals surface area contributed by atoms with Gasteiger partial charge in [0.1, 0.15) is 5.82 Å². The topological polar surface area (TPSA) is 96.2 Å². The molecular weight excluding hydrogens is 292 g/mol. The molecule has 1 saturated heterocycles. The van der Waals surface area contributed by atoms with Gasteiger partial charge in [-0.15, -0.1) is 0 Å². The van der Waals surface area contributed by atoms with E-state index in [4.69, 9.17) is 16.2 Å². The Kier molecular flexibility index (Phi) is 4.61. The van der Waals surface area contributed by atoms with E-state index in [2.05, 4.69) is 46.5 Å². The Bertz CT molecular complexity index is 612. The number of rotatable bonds is 2. The number of nitrogens with zero attached hydrogens (tertiary/aromatic N) is 2. The third kappa shape index (κ3) is 3.93. The molecule has 0 aliphatic carbocycles. The summed E-state index contributed by atoms with van der Waals surface area (Å²) in [6.07, 6.45) is 2.00. The van der Waals surface area contributed by atoms with E-state index in [-0.39, 0.29) is 34.7 Å². The van der Waals surface area contributed by atoms with E-state index in [0.29, 0.717) is 0 Å². The van der Waals surface area contributed by atoms with Gasteiger partial charge in [-0.1, -0.05) is 41.5 Å². The van der Waals surface area contributed by atoms with Crippen molar-refractivity contribution in [3.63, 3.8) is 0 Å². The lowest BCUT2D eigenvalue weighted by atomic mass is 9.71. The van der Waals surface area contributed by atoms with Crippen molar-refractivity contribution >= 4 is 5.82 Å². The number of hydrogen-bond donors (Lipinski definition) is 2. The Hall–Kier alpha value is -1.40. The van der Waals surface area contributed by atoms with Gasteiger partial charge in [-0.2, -0.15) is 4.98 Å². The lowest BCUT2D eigenvalue weighted by Crippen LogP contribution is -2.44. The molecule has 4 atom stereocenters. The standard InChI is InChI=1S/C17H30N4O2/c1-16(2,3)9-10-12(17(4,5)6)13(19)14(23-10)21-8-7-11(18)20-15(21)22/h7-8,10,12-14H,9,19H2,1-6H3,(H2,18,20,22)/t10-,12+,13?,14-/m1/s1. The average molecular weight is 322 g/mol. The van der Waals surface area contributed by atoms with Crippen molar-refractivity contribution in [3.8, 4) is 0 Å². The molecule has 0 spiro atoms. The van der Waals surface area contributed by atoms with Gasteiger partial charge < -0.3 is 16.2 Å². The number of hydrogen-bond acceptors (Lipinski definition) is 5. The first-order valence-electron chi connectivity index (χ1n) is 8.16. The fourth-order valence-electron chi connectivity index (χ4n) is 3.56.